The van der Waals surface area contributed by atoms with Crippen LogP contribution in [-0.2, 0) is 10.0 Å². The second kappa shape index (κ2) is 7.04. The Balaban J connectivity index is 2.50. The molecule has 0 radical (unpaired) electrons. The first-order chi connectivity index (χ1) is 9.69. The van der Waals surface area contributed by atoms with Crippen molar-refractivity contribution in [2.24, 2.45) is 0 Å². The predicted molar refractivity (Wildman–Crippen MR) is 78.0 cm³/mol. The van der Waals surface area contributed by atoms with Crippen LogP contribution in [0.25, 0.3) is 0 Å². The van der Waals surface area contributed by atoms with Crippen molar-refractivity contribution in [3.8, 4) is 0 Å². The zero-order chi connectivity index (χ0) is 16.0. The summed E-state index contributed by atoms with van der Waals surface area (Å²) in [5.41, 5.74) is 1.23. The molecule has 8 nitrogen and oxygen atoms in total. The monoisotopic (exact) mass is 315 g/mol. The molecule has 0 atom stereocenters. The number of carbonyl (C=O) groups excluding carboxylic acids is 1. The molecule has 0 bridgehead atoms. The van der Waals surface area contributed by atoms with E-state index in [1.165, 1.54) is 18.2 Å². The molecule has 9 heteroatoms. The maximum Gasteiger partial charge on any atom is 0.335 e. The van der Waals surface area contributed by atoms with E-state index < -0.39 is 22.0 Å². The van der Waals surface area contributed by atoms with Crippen LogP contribution >= 0.6 is 0 Å². The lowest BCUT2D eigenvalue weighted by molar-refractivity contribution is 0.0696. The fourth-order valence-corrected chi connectivity index (χ4v) is 1.99. The molecule has 0 saturated carbocycles. The molecular weight excluding hydrogens is 298 g/mol. The fourth-order valence-electron chi connectivity index (χ4n) is 1.52. The molecular formula is C12H17N3O5S. The van der Waals surface area contributed by atoms with E-state index >= 15 is 0 Å². The number of carboxylic acids is 1. The van der Waals surface area contributed by atoms with Gasteiger partial charge in [0.1, 0.15) is 0 Å². The number of benzene rings is 1. The van der Waals surface area contributed by atoms with Gasteiger partial charge in [0.15, 0.2) is 0 Å². The van der Waals surface area contributed by atoms with E-state index in [2.05, 4.69) is 15.4 Å². The van der Waals surface area contributed by atoms with Crippen molar-refractivity contribution in [3.05, 3.63) is 29.3 Å². The summed E-state index contributed by atoms with van der Waals surface area (Å²) >= 11 is 0. The number of hydrogen-bond donors (Lipinski definition) is 4. The van der Waals surface area contributed by atoms with Gasteiger partial charge in [-0.1, -0.05) is 0 Å². The quantitative estimate of drug-likeness (QED) is 0.564. The second-order valence-corrected chi connectivity index (χ2v) is 6.22. The lowest BCUT2D eigenvalue weighted by Crippen LogP contribution is -2.36. The highest BCUT2D eigenvalue weighted by Gasteiger charge is 2.08. The molecule has 1 aromatic rings. The van der Waals surface area contributed by atoms with Crippen LogP contribution in [0.15, 0.2) is 18.2 Å². The van der Waals surface area contributed by atoms with Crippen LogP contribution in [0, 0.1) is 6.92 Å². The Labute approximate surface area is 122 Å². The van der Waals surface area contributed by atoms with Gasteiger partial charge in [-0.25, -0.2) is 22.7 Å². The first-order valence-electron chi connectivity index (χ1n) is 6.02. The van der Waals surface area contributed by atoms with E-state index in [0.29, 0.717) is 11.3 Å². The summed E-state index contributed by atoms with van der Waals surface area (Å²) in [4.78, 5) is 22.4. The zero-order valence-electron chi connectivity index (χ0n) is 11.6. The Morgan fingerprint density at radius 2 is 1.90 bits per heavy atom. The molecule has 4 N–H and O–H groups in total. The third-order valence-electron chi connectivity index (χ3n) is 2.50. The average molecular weight is 315 g/mol. The summed E-state index contributed by atoms with van der Waals surface area (Å²) in [7, 11) is -3.28. The van der Waals surface area contributed by atoms with E-state index in [1.54, 1.807) is 6.92 Å². The van der Waals surface area contributed by atoms with Crippen LogP contribution in [-0.4, -0.2) is 44.9 Å². The summed E-state index contributed by atoms with van der Waals surface area (Å²) in [6.07, 6.45) is 1.03. The van der Waals surface area contributed by atoms with Crippen molar-refractivity contribution >= 4 is 27.7 Å². The number of aromatic carboxylic acids is 1. The number of urea groups is 1. The number of rotatable bonds is 6. The third-order valence-corrected chi connectivity index (χ3v) is 3.22. The molecule has 0 fully saturated rings. The highest BCUT2D eigenvalue weighted by molar-refractivity contribution is 7.88. The Bertz CT molecular complexity index is 642. The molecule has 0 saturated heterocycles. The molecule has 116 valence electrons. The van der Waals surface area contributed by atoms with Crippen molar-refractivity contribution in [2.45, 2.75) is 6.92 Å². The number of carboxylic acid groups (broad SMARTS) is 1. The summed E-state index contributed by atoms with van der Waals surface area (Å²) < 4.78 is 23.9. The SMILES string of the molecule is Cc1cc(C(=O)O)ccc1NC(=O)NCCNS(C)(=O)=O. The van der Waals surface area contributed by atoms with Crippen LogP contribution in [0.4, 0.5) is 10.5 Å². The number of nitrogens with one attached hydrogen (secondary N) is 3. The van der Waals surface area contributed by atoms with E-state index in [4.69, 9.17) is 5.11 Å². The minimum absolute atomic E-state index is 0.0865. The van der Waals surface area contributed by atoms with Crippen LogP contribution in [0.5, 0.6) is 0 Å². The van der Waals surface area contributed by atoms with Gasteiger partial charge in [0.25, 0.3) is 0 Å². The first-order valence-corrected chi connectivity index (χ1v) is 7.91. The highest BCUT2D eigenvalue weighted by atomic mass is 32.2. The van der Waals surface area contributed by atoms with E-state index in [1.807, 2.05) is 0 Å². The first kappa shape index (κ1) is 16.9. The number of anilines is 1. The smallest absolute Gasteiger partial charge is 0.335 e. The Morgan fingerprint density at radius 3 is 2.43 bits per heavy atom. The van der Waals surface area contributed by atoms with Gasteiger partial charge in [0.2, 0.25) is 10.0 Å². The van der Waals surface area contributed by atoms with Crippen molar-refractivity contribution in [1.82, 2.24) is 10.0 Å². The van der Waals surface area contributed by atoms with Gasteiger partial charge in [-0.3, -0.25) is 0 Å². The minimum atomic E-state index is -3.28. The molecule has 0 heterocycles. The second-order valence-electron chi connectivity index (χ2n) is 4.38. The molecule has 0 spiro atoms. The lowest BCUT2D eigenvalue weighted by Gasteiger charge is -2.10. The third kappa shape index (κ3) is 6.23. The Hall–Kier alpha value is -2.13. The van der Waals surface area contributed by atoms with Gasteiger partial charge in [-0.15, -0.1) is 0 Å². The summed E-state index contributed by atoms with van der Waals surface area (Å²) in [6.45, 7) is 1.89. The number of aryl methyl sites for hydroxylation is 1. The van der Waals surface area contributed by atoms with Gasteiger partial charge >= 0.3 is 12.0 Å². The Kier molecular flexibility index (Phi) is 5.68. The fraction of sp³-hybridized carbons (Fsp3) is 0.333. The topological polar surface area (TPSA) is 125 Å². The normalized spacial score (nSPS) is 11.0. The van der Waals surface area contributed by atoms with Crippen LogP contribution in [0.2, 0.25) is 0 Å². The number of carbonyl (C=O) groups is 2. The van der Waals surface area contributed by atoms with Gasteiger partial charge < -0.3 is 15.7 Å². The van der Waals surface area contributed by atoms with E-state index in [-0.39, 0.29) is 18.7 Å². The van der Waals surface area contributed by atoms with Crippen LogP contribution in [0.3, 0.4) is 0 Å². The molecule has 0 aliphatic heterocycles. The van der Waals surface area contributed by atoms with Crippen molar-refractivity contribution in [1.29, 1.82) is 0 Å². The summed E-state index contributed by atoms with van der Waals surface area (Å²) in [5, 5.41) is 13.9. The maximum absolute atomic E-state index is 11.6. The zero-order valence-corrected chi connectivity index (χ0v) is 12.5. The van der Waals surface area contributed by atoms with Crippen molar-refractivity contribution < 1.29 is 23.1 Å². The molecule has 0 aromatic heterocycles. The molecule has 1 aromatic carbocycles. The summed E-state index contributed by atoms with van der Waals surface area (Å²) in [5.74, 6) is -1.04. The molecule has 0 unspecified atom stereocenters. The van der Waals surface area contributed by atoms with Crippen molar-refractivity contribution in [2.75, 3.05) is 24.7 Å². The lowest BCUT2D eigenvalue weighted by atomic mass is 10.1. The molecule has 21 heavy (non-hydrogen) atoms. The van der Waals surface area contributed by atoms with E-state index in [9.17, 15) is 18.0 Å². The van der Waals surface area contributed by atoms with Gasteiger partial charge in [0.05, 0.1) is 11.8 Å². The van der Waals surface area contributed by atoms with E-state index in [0.717, 1.165) is 6.26 Å². The van der Waals surface area contributed by atoms with Crippen LogP contribution in [0.1, 0.15) is 15.9 Å². The maximum atomic E-state index is 11.6. The number of hydrogen-bond acceptors (Lipinski definition) is 4. The standard InChI is InChI=1S/C12H17N3O5S/c1-8-7-9(11(16)17)3-4-10(8)15-12(18)13-5-6-14-21(2,19)20/h3-4,7,14H,5-6H2,1-2H3,(H,16,17)(H2,13,15,18). The molecule has 1 rings (SSSR count). The molecule has 0 aliphatic carbocycles. The molecule has 0 aliphatic rings. The average Bonchev–Trinajstić information content (AvgIpc) is 2.36. The Morgan fingerprint density at radius 1 is 1.24 bits per heavy atom. The van der Waals surface area contributed by atoms with Crippen molar-refractivity contribution in [3.63, 3.8) is 0 Å². The van der Waals surface area contributed by atoms with Gasteiger partial charge in [0, 0.05) is 18.8 Å². The minimum Gasteiger partial charge on any atom is -0.478 e. The predicted octanol–water partition coefficient (Wildman–Crippen LogP) is 0.364. The van der Waals surface area contributed by atoms with Crippen LogP contribution < -0.4 is 15.4 Å². The molecule has 2 amide bonds. The van der Waals surface area contributed by atoms with Gasteiger partial charge in [-0.2, -0.15) is 0 Å². The number of sulfonamides is 1. The largest absolute Gasteiger partial charge is 0.478 e. The van der Waals surface area contributed by atoms with Gasteiger partial charge in [-0.05, 0) is 30.7 Å². The highest BCUT2D eigenvalue weighted by Crippen LogP contribution is 2.16. The summed E-state index contributed by atoms with van der Waals surface area (Å²) in [6, 6.07) is 3.82. The number of amides is 2.